The lowest BCUT2D eigenvalue weighted by Crippen LogP contribution is -2.22. The van der Waals surface area contributed by atoms with E-state index >= 15 is 0 Å². The molecule has 0 aromatic heterocycles. The van der Waals surface area contributed by atoms with Gasteiger partial charge in [0.1, 0.15) is 0 Å². The fraction of sp³-hybridized carbons (Fsp3) is 0. The molecule has 1 amide bonds. The largest absolute Gasteiger partial charge is 0.545 e. The van der Waals surface area contributed by atoms with Crippen LogP contribution in [0.3, 0.4) is 0 Å². The van der Waals surface area contributed by atoms with Crippen molar-refractivity contribution in [3.05, 3.63) is 69.8 Å². The van der Waals surface area contributed by atoms with Gasteiger partial charge >= 0.3 is 0 Å². The van der Waals surface area contributed by atoms with Gasteiger partial charge < -0.3 is 15.2 Å². The molecule has 7 heteroatoms. The molecule has 0 aliphatic rings. The molecule has 106 valence electrons. The summed E-state index contributed by atoms with van der Waals surface area (Å²) >= 11 is 0. The Labute approximate surface area is 119 Å². The number of hydrogen-bond acceptors (Lipinski definition) is 5. The molecule has 0 bridgehead atoms. The van der Waals surface area contributed by atoms with Crippen LogP contribution in [0, 0.1) is 10.1 Å². The van der Waals surface area contributed by atoms with Gasteiger partial charge in [0.05, 0.1) is 10.9 Å². The molecule has 1 N–H and O–H groups in total. The molecule has 0 radical (unpaired) electrons. The van der Waals surface area contributed by atoms with Crippen LogP contribution >= 0.6 is 0 Å². The average molecular weight is 285 g/mol. The second kappa shape index (κ2) is 5.83. The molecule has 0 spiro atoms. The quantitative estimate of drug-likeness (QED) is 0.670. The minimum atomic E-state index is -1.36. The van der Waals surface area contributed by atoms with Gasteiger partial charge in [-0.3, -0.25) is 14.9 Å². The van der Waals surface area contributed by atoms with E-state index in [9.17, 15) is 24.8 Å². The van der Waals surface area contributed by atoms with Crippen LogP contribution in [0.2, 0.25) is 0 Å². The molecule has 0 aliphatic carbocycles. The Morgan fingerprint density at radius 1 is 1.00 bits per heavy atom. The van der Waals surface area contributed by atoms with Gasteiger partial charge in [0, 0.05) is 23.4 Å². The number of benzene rings is 2. The number of carbonyl (C=O) groups is 2. The van der Waals surface area contributed by atoms with E-state index in [1.54, 1.807) is 0 Å². The zero-order valence-electron chi connectivity index (χ0n) is 10.6. The molecule has 0 saturated heterocycles. The van der Waals surface area contributed by atoms with Crippen molar-refractivity contribution in [3.8, 4) is 0 Å². The number of nitro benzene ring substituents is 1. The lowest BCUT2D eigenvalue weighted by molar-refractivity contribution is -0.384. The fourth-order valence-electron chi connectivity index (χ4n) is 1.69. The number of hydrogen-bond donors (Lipinski definition) is 1. The maximum atomic E-state index is 12.0. The third-order valence-electron chi connectivity index (χ3n) is 2.68. The van der Waals surface area contributed by atoms with Crippen LogP contribution in [0.25, 0.3) is 0 Å². The summed E-state index contributed by atoms with van der Waals surface area (Å²) in [5.41, 5.74) is 0.0780. The molecule has 2 rings (SSSR count). The number of rotatable bonds is 4. The summed E-state index contributed by atoms with van der Waals surface area (Å²) in [5.74, 6) is -1.93. The van der Waals surface area contributed by atoms with Crippen LogP contribution in [0.15, 0.2) is 48.5 Å². The van der Waals surface area contributed by atoms with Crippen LogP contribution in [0.4, 0.5) is 11.4 Å². The number of anilines is 1. The summed E-state index contributed by atoms with van der Waals surface area (Å²) in [6.45, 7) is 0. The van der Waals surface area contributed by atoms with Crippen molar-refractivity contribution in [3.63, 3.8) is 0 Å². The van der Waals surface area contributed by atoms with Crippen LogP contribution < -0.4 is 10.4 Å². The predicted octanol–water partition coefficient (Wildman–Crippen LogP) is 1.21. The Hall–Kier alpha value is -3.22. The number of nitrogens with one attached hydrogen (secondary N) is 1. The minimum absolute atomic E-state index is 0.0770. The van der Waals surface area contributed by atoms with Crippen molar-refractivity contribution < 1.29 is 19.6 Å². The Bertz CT molecular complexity index is 727. The van der Waals surface area contributed by atoms with Gasteiger partial charge in [-0.2, -0.15) is 0 Å². The third kappa shape index (κ3) is 3.41. The topological polar surface area (TPSA) is 112 Å². The van der Waals surface area contributed by atoms with Crippen molar-refractivity contribution in [2.24, 2.45) is 0 Å². The predicted molar refractivity (Wildman–Crippen MR) is 71.8 cm³/mol. The SMILES string of the molecule is O=C([O-])c1cccc(NC(=O)c2cccc([N+](=O)[O-])c2)c1. The van der Waals surface area contributed by atoms with Gasteiger partial charge in [-0.25, -0.2) is 0 Å². The first kappa shape index (κ1) is 14.2. The van der Waals surface area contributed by atoms with Gasteiger partial charge in [0.25, 0.3) is 11.6 Å². The molecule has 2 aromatic rings. The molecule has 0 saturated carbocycles. The summed E-state index contributed by atoms with van der Waals surface area (Å²) in [6.07, 6.45) is 0. The number of carboxylic acids is 1. The first-order chi connectivity index (χ1) is 9.97. The standard InChI is InChI=1S/C14H10N2O5/c17-13(9-3-2-6-12(8-9)16(20)21)15-11-5-1-4-10(7-11)14(18)19/h1-8H,(H,15,17)(H,18,19)/p-1. The number of carbonyl (C=O) groups excluding carboxylic acids is 2. The number of nitro groups is 1. The van der Waals surface area contributed by atoms with Crippen LogP contribution in [-0.2, 0) is 0 Å². The Balaban J connectivity index is 2.22. The molecular formula is C14H9N2O5-. The smallest absolute Gasteiger partial charge is 0.270 e. The Morgan fingerprint density at radius 2 is 1.67 bits per heavy atom. The van der Waals surface area contributed by atoms with Crippen molar-refractivity contribution in [2.75, 3.05) is 5.32 Å². The first-order valence-electron chi connectivity index (χ1n) is 5.84. The summed E-state index contributed by atoms with van der Waals surface area (Å²) in [4.78, 5) is 32.8. The van der Waals surface area contributed by atoms with E-state index in [1.165, 1.54) is 42.5 Å². The van der Waals surface area contributed by atoms with Gasteiger partial charge in [-0.15, -0.1) is 0 Å². The second-order valence-electron chi connectivity index (χ2n) is 4.13. The highest BCUT2D eigenvalue weighted by atomic mass is 16.6. The van der Waals surface area contributed by atoms with E-state index in [-0.39, 0.29) is 22.5 Å². The first-order valence-corrected chi connectivity index (χ1v) is 5.84. The van der Waals surface area contributed by atoms with Gasteiger partial charge in [0.2, 0.25) is 0 Å². The molecule has 0 aliphatic heterocycles. The number of carboxylic acid groups (broad SMARTS) is 1. The van der Waals surface area contributed by atoms with E-state index < -0.39 is 16.8 Å². The molecule has 0 unspecified atom stereocenters. The van der Waals surface area contributed by atoms with Crippen LogP contribution in [-0.4, -0.2) is 16.8 Å². The van der Waals surface area contributed by atoms with E-state index in [0.29, 0.717) is 0 Å². The summed E-state index contributed by atoms with van der Waals surface area (Å²) < 4.78 is 0. The molecule has 0 atom stereocenters. The zero-order valence-corrected chi connectivity index (χ0v) is 10.6. The average Bonchev–Trinajstić information content (AvgIpc) is 2.47. The van der Waals surface area contributed by atoms with E-state index in [1.807, 2.05) is 0 Å². The number of nitrogens with zero attached hydrogens (tertiary/aromatic N) is 1. The van der Waals surface area contributed by atoms with Crippen molar-refractivity contribution in [1.82, 2.24) is 0 Å². The van der Waals surface area contributed by atoms with Crippen molar-refractivity contribution in [1.29, 1.82) is 0 Å². The number of amides is 1. The van der Waals surface area contributed by atoms with Crippen molar-refractivity contribution in [2.45, 2.75) is 0 Å². The number of aromatic carboxylic acids is 1. The number of non-ortho nitro benzene ring substituents is 1. The minimum Gasteiger partial charge on any atom is -0.545 e. The summed E-state index contributed by atoms with van der Waals surface area (Å²) in [5, 5.41) is 23.9. The summed E-state index contributed by atoms with van der Waals surface area (Å²) in [7, 11) is 0. The molecular weight excluding hydrogens is 276 g/mol. The second-order valence-corrected chi connectivity index (χ2v) is 4.13. The highest BCUT2D eigenvalue weighted by molar-refractivity contribution is 6.05. The monoisotopic (exact) mass is 285 g/mol. The van der Waals surface area contributed by atoms with Gasteiger partial charge in [-0.05, 0) is 23.8 Å². The zero-order chi connectivity index (χ0) is 15.4. The maximum absolute atomic E-state index is 12.0. The lowest BCUT2D eigenvalue weighted by Gasteiger charge is -2.08. The summed E-state index contributed by atoms with van der Waals surface area (Å²) in [6, 6.07) is 10.7. The molecule has 21 heavy (non-hydrogen) atoms. The highest BCUT2D eigenvalue weighted by Gasteiger charge is 2.11. The van der Waals surface area contributed by atoms with Crippen molar-refractivity contribution >= 4 is 23.3 Å². The van der Waals surface area contributed by atoms with Crippen LogP contribution in [0.5, 0.6) is 0 Å². The Morgan fingerprint density at radius 3 is 2.33 bits per heavy atom. The Kier molecular flexibility index (Phi) is 3.94. The van der Waals surface area contributed by atoms with E-state index in [2.05, 4.69) is 5.32 Å². The lowest BCUT2D eigenvalue weighted by atomic mass is 10.1. The van der Waals surface area contributed by atoms with Crippen LogP contribution in [0.1, 0.15) is 20.7 Å². The molecule has 0 heterocycles. The normalized spacial score (nSPS) is 9.90. The van der Waals surface area contributed by atoms with Gasteiger partial charge in [-0.1, -0.05) is 18.2 Å². The molecule has 2 aromatic carbocycles. The van der Waals surface area contributed by atoms with E-state index in [4.69, 9.17) is 0 Å². The third-order valence-corrected chi connectivity index (χ3v) is 2.68. The van der Waals surface area contributed by atoms with E-state index in [0.717, 1.165) is 6.07 Å². The highest BCUT2D eigenvalue weighted by Crippen LogP contribution is 2.16. The molecule has 7 nitrogen and oxygen atoms in total. The fourth-order valence-corrected chi connectivity index (χ4v) is 1.69. The van der Waals surface area contributed by atoms with Gasteiger partial charge in [0.15, 0.2) is 0 Å². The maximum Gasteiger partial charge on any atom is 0.270 e. The molecule has 0 fully saturated rings.